The highest BCUT2D eigenvalue weighted by molar-refractivity contribution is 5.25. The molecule has 1 saturated carbocycles. The molecule has 0 aromatic carbocycles. The second kappa shape index (κ2) is 6.13. The van der Waals surface area contributed by atoms with E-state index >= 15 is 0 Å². The lowest BCUT2D eigenvalue weighted by Gasteiger charge is -2.49. The zero-order valence-electron chi connectivity index (χ0n) is 13.7. The predicted molar refractivity (Wildman–Crippen MR) is 84.5 cm³/mol. The van der Waals surface area contributed by atoms with Crippen LogP contribution in [0.15, 0.2) is 10.5 Å². The van der Waals surface area contributed by atoms with E-state index in [4.69, 9.17) is 9.15 Å². The van der Waals surface area contributed by atoms with Crippen LogP contribution < -0.4 is 5.32 Å². The average Bonchev–Trinajstić information content (AvgIpc) is 2.77. The fourth-order valence-electron chi connectivity index (χ4n) is 4.06. The van der Waals surface area contributed by atoms with Crippen LogP contribution in [0.2, 0.25) is 0 Å². The zero-order valence-corrected chi connectivity index (χ0v) is 13.7. The maximum atomic E-state index is 6.11. The number of hydrogen-bond acceptors (Lipinski definition) is 3. The molecule has 1 aliphatic heterocycles. The fourth-order valence-corrected chi connectivity index (χ4v) is 4.06. The Balaban J connectivity index is 1.79. The van der Waals surface area contributed by atoms with Crippen molar-refractivity contribution < 1.29 is 9.15 Å². The predicted octanol–water partition coefficient (Wildman–Crippen LogP) is 4.29. The first kappa shape index (κ1) is 15.1. The maximum absolute atomic E-state index is 6.11. The molecule has 118 valence electrons. The number of ether oxygens (including phenoxy) is 1. The second-order valence-corrected chi connectivity index (χ2v) is 6.94. The van der Waals surface area contributed by atoms with Crippen molar-refractivity contribution in [1.82, 2.24) is 5.32 Å². The molecule has 1 aromatic rings. The van der Waals surface area contributed by atoms with Crippen molar-refractivity contribution in [2.75, 3.05) is 13.2 Å². The third-order valence-electron chi connectivity index (χ3n) is 5.30. The molecule has 1 aromatic heterocycles. The van der Waals surface area contributed by atoms with Crippen LogP contribution in [-0.4, -0.2) is 18.8 Å². The Bertz CT molecular complexity index is 476. The minimum absolute atomic E-state index is 0.210. The second-order valence-electron chi connectivity index (χ2n) is 6.94. The van der Waals surface area contributed by atoms with Gasteiger partial charge in [-0.15, -0.1) is 0 Å². The van der Waals surface area contributed by atoms with Crippen LogP contribution in [-0.2, 0) is 4.74 Å². The lowest BCUT2D eigenvalue weighted by atomic mass is 9.69. The van der Waals surface area contributed by atoms with Crippen LogP contribution in [0.25, 0.3) is 0 Å². The molecule has 2 atom stereocenters. The Morgan fingerprint density at radius 1 is 1.38 bits per heavy atom. The summed E-state index contributed by atoms with van der Waals surface area (Å²) in [6.45, 7) is 8.37. The fraction of sp³-hybridized carbons (Fsp3) is 0.778. The van der Waals surface area contributed by atoms with Crippen molar-refractivity contribution in [3.8, 4) is 0 Å². The van der Waals surface area contributed by atoms with Crippen LogP contribution in [0.5, 0.6) is 0 Å². The Labute approximate surface area is 128 Å². The summed E-state index contributed by atoms with van der Waals surface area (Å²) < 4.78 is 11.9. The molecule has 3 rings (SSSR count). The quantitative estimate of drug-likeness (QED) is 0.879. The van der Waals surface area contributed by atoms with Gasteiger partial charge in [0.15, 0.2) is 0 Å². The molecule has 0 bridgehead atoms. The molecular weight excluding hydrogens is 262 g/mol. The number of rotatable bonds is 5. The van der Waals surface area contributed by atoms with Crippen molar-refractivity contribution in [3.63, 3.8) is 0 Å². The van der Waals surface area contributed by atoms with Gasteiger partial charge in [0, 0.05) is 18.2 Å². The Morgan fingerprint density at radius 2 is 2.19 bits per heavy atom. The number of hydrogen-bond donors (Lipinski definition) is 1. The van der Waals surface area contributed by atoms with Gasteiger partial charge in [0.05, 0.1) is 5.60 Å². The summed E-state index contributed by atoms with van der Waals surface area (Å²) in [7, 11) is 0. The minimum Gasteiger partial charge on any atom is -0.466 e. The van der Waals surface area contributed by atoms with Gasteiger partial charge in [0.25, 0.3) is 0 Å². The van der Waals surface area contributed by atoms with Crippen LogP contribution in [0.4, 0.5) is 0 Å². The average molecular weight is 291 g/mol. The van der Waals surface area contributed by atoms with Gasteiger partial charge in [-0.2, -0.15) is 0 Å². The van der Waals surface area contributed by atoms with E-state index in [1.54, 1.807) is 0 Å². The Hall–Kier alpha value is -0.800. The summed E-state index contributed by atoms with van der Waals surface area (Å²) in [5, 5.41) is 3.78. The lowest BCUT2D eigenvalue weighted by Crippen LogP contribution is -2.48. The summed E-state index contributed by atoms with van der Waals surface area (Å²) in [6.07, 6.45) is 7.38. The summed E-state index contributed by atoms with van der Waals surface area (Å²) in [6, 6.07) is 2.65. The van der Waals surface area contributed by atoms with Gasteiger partial charge in [-0.3, -0.25) is 0 Å². The number of aryl methyl sites for hydroxylation is 2. The van der Waals surface area contributed by atoms with Crippen LogP contribution in [0.1, 0.15) is 68.6 Å². The summed E-state index contributed by atoms with van der Waals surface area (Å²) >= 11 is 0. The Morgan fingerprint density at radius 3 is 2.76 bits per heavy atom. The number of nitrogens with one attached hydrogen (secondary N) is 1. The van der Waals surface area contributed by atoms with E-state index in [0.717, 1.165) is 31.1 Å². The van der Waals surface area contributed by atoms with E-state index in [0.29, 0.717) is 12.0 Å². The molecule has 1 spiro atoms. The highest BCUT2D eigenvalue weighted by Crippen LogP contribution is 2.47. The molecule has 2 fully saturated rings. The first-order valence-corrected chi connectivity index (χ1v) is 8.58. The molecule has 2 aliphatic rings. The van der Waals surface area contributed by atoms with Gasteiger partial charge in [-0.05, 0) is 70.9 Å². The third kappa shape index (κ3) is 3.04. The van der Waals surface area contributed by atoms with E-state index in [1.165, 1.54) is 37.7 Å². The molecule has 1 aliphatic carbocycles. The summed E-state index contributed by atoms with van der Waals surface area (Å²) in [5.74, 6) is 2.77. The highest BCUT2D eigenvalue weighted by atomic mass is 16.5. The van der Waals surface area contributed by atoms with E-state index in [-0.39, 0.29) is 5.60 Å². The standard InChI is InChI=1S/C18H29NO2/c1-4-9-19-17(16-11-13(2)21-14(16)3)15-6-10-20-18(12-15)7-5-8-18/h11,15,17,19H,4-10,12H2,1-3H3. The highest BCUT2D eigenvalue weighted by Gasteiger charge is 2.44. The normalized spacial score (nSPS) is 25.8. The molecule has 0 radical (unpaired) electrons. The molecule has 2 unspecified atom stereocenters. The van der Waals surface area contributed by atoms with Crippen LogP contribution in [0.3, 0.4) is 0 Å². The van der Waals surface area contributed by atoms with E-state index < -0.39 is 0 Å². The van der Waals surface area contributed by atoms with Gasteiger partial charge in [-0.1, -0.05) is 6.92 Å². The maximum Gasteiger partial charge on any atom is 0.105 e. The third-order valence-corrected chi connectivity index (χ3v) is 5.30. The van der Waals surface area contributed by atoms with Gasteiger partial charge < -0.3 is 14.5 Å². The van der Waals surface area contributed by atoms with Crippen LogP contribution >= 0.6 is 0 Å². The van der Waals surface area contributed by atoms with Gasteiger partial charge in [0.1, 0.15) is 11.5 Å². The monoisotopic (exact) mass is 291 g/mol. The Kier molecular flexibility index (Phi) is 4.41. The molecule has 0 amide bonds. The summed E-state index contributed by atoms with van der Waals surface area (Å²) in [5.41, 5.74) is 1.57. The summed E-state index contributed by atoms with van der Waals surface area (Å²) in [4.78, 5) is 0. The first-order chi connectivity index (χ1) is 10.1. The molecule has 3 nitrogen and oxygen atoms in total. The van der Waals surface area contributed by atoms with Gasteiger partial charge >= 0.3 is 0 Å². The van der Waals surface area contributed by atoms with Gasteiger partial charge in [0.2, 0.25) is 0 Å². The molecule has 1 N–H and O–H groups in total. The molecule has 3 heteroatoms. The minimum atomic E-state index is 0.210. The van der Waals surface area contributed by atoms with Crippen molar-refractivity contribution in [1.29, 1.82) is 0 Å². The van der Waals surface area contributed by atoms with E-state index in [1.807, 2.05) is 6.92 Å². The van der Waals surface area contributed by atoms with E-state index in [9.17, 15) is 0 Å². The van der Waals surface area contributed by atoms with Crippen LogP contribution in [0, 0.1) is 19.8 Å². The van der Waals surface area contributed by atoms with Crippen molar-refractivity contribution >= 4 is 0 Å². The van der Waals surface area contributed by atoms with Crippen molar-refractivity contribution in [2.45, 2.75) is 70.9 Å². The molecular formula is C18H29NO2. The molecule has 1 saturated heterocycles. The SMILES string of the molecule is CCCNC(c1cc(C)oc1C)C1CCOC2(CCC2)C1. The molecule has 21 heavy (non-hydrogen) atoms. The lowest BCUT2D eigenvalue weighted by molar-refractivity contribution is -0.147. The zero-order chi connectivity index (χ0) is 14.9. The number of furan rings is 1. The van der Waals surface area contributed by atoms with E-state index in [2.05, 4.69) is 25.2 Å². The first-order valence-electron chi connectivity index (χ1n) is 8.58. The smallest absolute Gasteiger partial charge is 0.105 e. The largest absolute Gasteiger partial charge is 0.466 e. The van der Waals surface area contributed by atoms with Crippen molar-refractivity contribution in [3.05, 3.63) is 23.2 Å². The van der Waals surface area contributed by atoms with Gasteiger partial charge in [-0.25, -0.2) is 0 Å². The van der Waals surface area contributed by atoms with Crippen molar-refractivity contribution in [2.24, 2.45) is 5.92 Å². The topological polar surface area (TPSA) is 34.4 Å². The molecule has 2 heterocycles.